The van der Waals surface area contributed by atoms with Crippen LogP contribution in [0.3, 0.4) is 0 Å². The number of hydrogen-bond acceptors (Lipinski definition) is 4. The fourth-order valence-corrected chi connectivity index (χ4v) is 4.12. The Labute approximate surface area is 138 Å². The van der Waals surface area contributed by atoms with Crippen LogP contribution < -0.4 is 0 Å². The van der Waals surface area contributed by atoms with Crippen LogP contribution in [0.15, 0.2) is 36.7 Å². The summed E-state index contributed by atoms with van der Waals surface area (Å²) < 4.78 is 1.57. The van der Waals surface area contributed by atoms with Gasteiger partial charge in [-0.25, -0.2) is 9.48 Å². The van der Waals surface area contributed by atoms with Gasteiger partial charge in [0, 0.05) is 12.1 Å². The van der Waals surface area contributed by atoms with E-state index < -0.39 is 12.0 Å². The first-order valence-electron chi connectivity index (χ1n) is 8.15. The molecule has 3 unspecified atom stereocenters. The molecule has 1 amide bonds. The molecule has 1 saturated carbocycles. The summed E-state index contributed by atoms with van der Waals surface area (Å²) >= 11 is 0. The van der Waals surface area contributed by atoms with Gasteiger partial charge in [0.05, 0.1) is 18.1 Å². The van der Waals surface area contributed by atoms with Crippen molar-refractivity contribution in [3.8, 4) is 5.69 Å². The molecule has 0 spiro atoms. The van der Waals surface area contributed by atoms with Crippen LogP contribution in [-0.2, 0) is 4.79 Å². The molecule has 1 saturated heterocycles. The van der Waals surface area contributed by atoms with Gasteiger partial charge in [-0.15, -0.1) is 5.10 Å². The van der Waals surface area contributed by atoms with Crippen molar-refractivity contribution in [3.05, 3.63) is 42.2 Å². The third kappa shape index (κ3) is 2.36. The van der Waals surface area contributed by atoms with E-state index in [1.54, 1.807) is 35.3 Å². The van der Waals surface area contributed by atoms with E-state index in [0.717, 1.165) is 24.9 Å². The monoisotopic (exact) mass is 326 g/mol. The normalized spacial score (nSPS) is 25.7. The van der Waals surface area contributed by atoms with Crippen molar-refractivity contribution in [2.24, 2.45) is 11.8 Å². The van der Waals surface area contributed by atoms with E-state index in [1.807, 2.05) is 6.07 Å². The molecular formula is C17H18N4O3. The fraction of sp³-hybridized carbons (Fsp3) is 0.412. The maximum Gasteiger partial charge on any atom is 0.326 e. The van der Waals surface area contributed by atoms with Crippen LogP contribution in [0.1, 0.15) is 29.6 Å². The molecule has 2 aromatic rings. The Morgan fingerprint density at radius 1 is 1.25 bits per heavy atom. The Hall–Kier alpha value is -2.70. The van der Waals surface area contributed by atoms with E-state index in [1.165, 1.54) is 4.90 Å². The number of nitrogens with zero attached hydrogens (tertiary/aromatic N) is 4. The van der Waals surface area contributed by atoms with E-state index in [2.05, 4.69) is 10.3 Å². The lowest BCUT2D eigenvalue weighted by Crippen LogP contribution is -2.43. The highest BCUT2D eigenvalue weighted by Gasteiger charge is 2.49. The molecule has 124 valence electrons. The van der Waals surface area contributed by atoms with Crippen LogP contribution in [-0.4, -0.2) is 49.5 Å². The summed E-state index contributed by atoms with van der Waals surface area (Å²) in [5.74, 6) is -0.720. The van der Waals surface area contributed by atoms with Crippen molar-refractivity contribution >= 4 is 11.9 Å². The van der Waals surface area contributed by atoms with Gasteiger partial charge in [0.25, 0.3) is 5.91 Å². The second-order valence-corrected chi connectivity index (χ2v) is 6.49. The maximum absolute atomic E-state index is 12.9. The Morgan fingerprint density at radius 3 is 2.88 bits per heavy atom. The molecule has 3 atom stereocenters. The molecule has 1 aliphatic heterocycles. The number of fused-ring (bicyclic) bond motifs is 1. The summed E-state index contributed by atoms with van der Waals surface area (Å²) in [6, 6.07) is 6.34. The number of carboxylic acids is 1. The smallest absolute Gasteiger partial charge is 0.326 e. The number of likely N-dealkylation sites (tertiary alicyclic amines) is 1. The Balaban J connectivity index is 1.64. The average Bonchev–Trinajstić information content (AvgIpc) is 3.30. The fourth-order valence-electron chi connectivity index (χ4n) is 4.12. The van der Waals surface area contributed by atoms with Gasteiger partial charge in [0.15, 0.2) is 0 Å². The molecule has 0 radical (unpaired) electrons. The number of carbonyl (C=O) groups is 2. The average molecular weight is 326 g/mol. The molecule has 1 aromatic carbocycles. The number of carboxylic acid groups (broad SMARTS) is 1. The van der Waals surface area contributed by atoms with Crippen LogP contribution in [0.4, 0.5) is 0 Å². The largest absolute Gasteiger partial charge is 0.480 e. The van der Waals surface area contributed by atoms with E-state index >= 15 is 0 Å². The number of aromatic nitrogens is 3. The number of benzene rings is 1. The summed E-state index contributed by atoms with van der Waals surface area (Å²) in [4.78, 5) is 26.2. The highest BCUT2D eigenvalue weighted by molar-refractivity contribution is 5.97. The summed E-state index contributed by atoms with van der Waals surface area (Å²) in [7, 11) is 0. The molecule has 24 heavy (non-hydrogen) atoms. The molecule has 2 heterocycles. The van der Waals surface area contributed by atoms with Crippen molar-refractivity contribution in [1.29, 1.82) is 0 Å². The second kappa shape index (κ2) is 5.74. The lowest BCUT2D eigenvalue weighted by atomic mass is 9.94. The van der Waals surface area contributed by atoms with Crippen molar-refractivity contribution in [2.75, 3.05) is 6.54 Å². The van der Waals surface area contributed by atoms with E-state index in [0.29, 0.717) is 18.0 Å². The molecule has 1 N–H and O–H groups in total. The first kappa shape index (κ1) is 14.9. The van der Waals surface area contributed by atoms with Crippen LogP contribution in [0.5, 0.6) is 0 Å². The SMILES string of the molecule is O=C(O)C1C2CCCC2CN1C(=O)c1cccc(-n2ccnn2)c1. The second-order valence-electron chi connectivity index (χ2n) is 6.49. The zero-order valence-corrected chi connectivity index (χ0v) is 13.1. The minimum Gasteiger partial charge on any atom is -0.480 e. The van der Waals surface area contributed by atoms with Crippen molar-refractivity contribution in [2.45, 2.75) is 25.3 Å². The maximum atomic E-state index is 12.9. The summed E-state index contributed by atoms with van der Waals surface area (Å²) in [6.45, 7) is 0.536. The van der Waals surface area contributed by atoms with E-state index in [9.17, 15) is 14.7 Å². The van der Waals surface area contributed by atoms with Crippen molar-refractivity contribution in [1.82, 2.24) is 19.9 Å². The van der Waals surface area contributed by atoms with Gasteiger partial charge in [0.1, 0.15) is 6.04 Å². The van der Waals surface area contributed by atoms with Crippen LogP contribution in [0.2, 0.25) is 0 Å². The Bertz CT molecular complexity index is 774. The summed E-state index contributed by atoms with van der Waals surface area (Å²) in [5, 5.41) is 17.3. The predicted octanol–water partition coefficient (Wildman–Crippen LogP) is 1.59. The Kier molecular flexibility index (Phi) is 3.55. The highest BCUT2D eigenvalue weighted by atomic mass is 16.4. The predicted molar refractivity (Wildman–Crippen MR) is 84.7 cm³/mol. The molecule has 1 aliphatic carbocycles. The lowest BCUT2D eigenvalue weighted by molar-refractivity contribution is -0.142. The first-order chi connectivity index (χ1) is 11.6. The molecule has 4 rings (SSSR count). The molecule has 7 nitrogen and oxygen atoms in total. The van der Waals surface area contributed by atoms with Gasteiger partial charge in [-0.3, -0.25) is 4.79 Å². The number of carbonyl (C=O) groups excluding carboxylic acids is 1. The molecule has 0 bridgehead atoms. The minimum absolute atomic E-state index is 0.0879. The number of aliphatic carboxylic acids is 1. The molecule has 2 fully saturated rings. The van der Waals surface area contributed by atoms with Gasteiger partial charge in [0.2, 0.25) is 0 Å². The van der Waals surface area contributed by atoms with Crippen molar-refractivity contribution < 1.29 is 14.7 Å². The topological polar surface area (TPSA) is 88.3 Å². The lowest BCUT2D eigenvalue weighted by Gasteiger charge is -2.24. The first-order valence-corrected chi connectivity index (χ1v) is 8.15. The molecule has 2 aliphatic rings. The number of amides is 1. The van der Waals surface area contributed by atoms with Crippen LogP contribution in [0, 0.1) is 11.8 Å². The Morgan fingerprint density at radius 2 is 2.12 bits per heavy atom. The zero-order valence-electron chi connectivity index (χ0n) is 13.1. The highest BCUT2D eigenvalue weighted by Crippen LogP contribution is 2.42. The van der Waals surface area contributed by atoms with Gasteiger partial charge in [-0.2, -0.15) is 0 Å². The molecule has 1 aromatic heterocycles. The van der Waals surface area contributed by atoms with E-state index in [4.69, 9.17) is 0 Å². The van der Waals surface area contributed by atoms with Gasteiger partial charge in [-0.05, 0) is 42.9 Å². The number of rotatable bonds is 3. The van der Waals surface area contributed by atoms with Crippen LogP contribution in [0.25, 0.3) is 5.69 Å². The summed E-state index contributed by atoms with van der Waals surface area (Å²) in [6.07, 6.45) is 6.23. The van der Waals surface area contributed by atoms with Gasteiger partial charge in [-0.1, -0.05) is 17.7 Å². The van der Waals surface area contributed by atoms with Crippen molar-refractivity contribution in [3.63, 3.8) is 0 Å². The third-order valence-corrected chi connectivity index (χ3v) is 5.18. The minimum atomic E-state index is -0.898. The molecular weight excluding hydrogens is 308 g/mol. The third-order valence-electron chi connectivity index (χ3n) is 5.18. The standard InChI is InChI=1S/C17H18N4O3/c22-16(11-3-1-5-13(9-11)21-8-7-18-19-21)20-10-12-4-2-6-14(12)15(20)17(23)24/h1,3,5,7-9,12,14-15H,2,4,6,10H2,(H,23,24). The zero-order chi connectivity index (χ0) is 16.7. The van der Waals surface area contributed by atoms with Crippen LogP contribution >= 0.6 is 0 Å². The quantitative estimate of drug-likeness (QED) is 0.925. The van der Waals surface area contributed by atoms with Gasteiger partial charge >= 0.3 is 5.97 Å². The molecule has 7 heteroatoms. The van der Waals surface area contributed by atoms with Gasteiger partial charge < -0.3 is 10.0 Å². The summed E-state index contributed by atoms with van der Waals surface area (Å²) in [5.41, 5.74) is 1.21. The number of hydrogen-bond donors (Lipinski definition) is 1. The van der Waals surface area contributed by atoms with E-state index in [-0.39, 0.29) is 11.8 Å².